The number of carbonyl (C=O) groups excluding carboxylic acids is 3. The van der Waals surface area contributed by atoms with Gasteiger partial charge in [-0.1, -0.05) is 25.0 Å². The maximum absolute atomic E-state index is 12.8. The van der Waals surface area contributed by atoms with Gasteiger partial charge in [-0.3, -0.25) is 14.5 Å². The van der Waals surface area contributed by atoms with Crippen LogP contribution in [0.5, 0.6) is 0 Å². The Balaban J connectivity index is 1.15. The first-order chi connectivity index (χ1) is 15.1. The highest BCUT2D eigenvalue weighted by atomic mass is 32.1. The Morgan fingerprint density at radius 3 is 2.81 bits per heavy atom. The number of likely N-dealkylation sites (tertiary alicyclic amines) is 1. The van der Waals surface area contributed by atoms with Crippen LogP contribution in [0.1, 0.15) is 62.3 Å². The second kappa shape index (κ2) is 8.22. The number of para-hydroxylation sites is 1. The minimum absolute atomic E-state index is 0.101. The van der Waals surface area contributed by atoms with Crippen molar-refractivity contribution in [2.45, 2.75) is 62.8 Å². The van der Waals surface area contributed by atoms with Gasteiger partial charge in [-0.05, 0) is 44.2 Å². The van der Waals surface area contributed by atoms with Crippen molar-refractivity contribution in [1.82, 2.24) is 20.1 Å². The van der Waals surface area contributed by atoms with Crippen molar-refractivity contribution in [1.29, 1.82) is 0 Å². The summed E-state index contributed by atoms with van der Waals surface area (Å²) >= 11 is 1.72. The third-order valence-corrected chi connectivity index (χ3v) is 8.11. The van der Waals surface area contributed by atoms with E-state index in [0.29, 0.717) is 25.9 Å². The molecule has 3 aliphatic rings. The van der Waals surface area contributed by atoms with E-state index in [1.54, 1.807) is 11.3 Å². The van der Waals surface area contributed by atoms with Gasteiger partial charge in [0.15, 0.2) is 0 Å². The number of amides is 4. The van der Waals surface area contributed by atoms with E-state index in [4.69, 9.17) is 4.98 Å². The average Bonchev–Trinajstić information content (AvgIpc) is 3.48. The number of urea groups is 1. The van der Waals surface area contributed by atoms with Crippen molar-refractivity contribution in [3.8, 4) is 0 Å². The molecular formula is C23H28N4O3S. The van der Waals surface area contributed by atoms with Crippen LogP contribution >= 0.6 is 11.3 Å². The number of benzene rings is 1. The minimum Gasteiger partial charge on any atom is -0.342 e. The Labute approximate surface area is 185 Å². The molecule has 3 heterocycles. The van der Waals surface area contributed by atoms with Gasteiger partial charge in [-0.15, -0.1) is 11.3 Å². The van der Waals surface area contributed by atoms with E-state index in [-0.39, 0.29) is 23.8 Å². The number of hydrogen-bond donors (Lipinski definition) is 1. The van der Waals surface area contributed by atoms with Gasteiger partial charge in [0.05, 0.1) is 15.2 Å². The molecule has 1 unspecified atom stereocenters. The van der Waals surface area contributed by atoms with E-state index in [9.17, 15) is 14.4 Å². The molecule has 7 nitrogen and oxygen atoms in total. The lowest BCUT2D eigenvalue weighted by atomic mass is 9.98. The minimum atomic E-state index is -0.668. The SMILES string of the molecule is O=C(CCCN1C(=O)NC2(CCCC2)C1=O)N1CCCC(c2nc3ccccc3s2)C1. The fourth-order valence-corrected chi connectivity index (χ4v) is 6.31. The first kappa shape index (κ1) is 20.4. The fourth-order valence-electron chi connectivity index (χ4n) is 5.21. The van der Waals surface area contributed by atoms with Crippen LogP contribution in [-0.4, -0.2) is 57.8 Å². The van der Waals surface area contributed by atoms with Crippen LogP contribution < -0.4 is 5.32 Å². The number of carbonyl (C=O) groups is 3. The number of rotatable bonds is 5. The lowest BCUT2D eigenvalue weighted by Crippen LogP contribution is -2.44. The van der Waals surface area contributed by atoms with Gasteiger partial charge in [0.25, 0.3) is 5.91 Å². The predicted octanol–water partition coefficient (Wildman–Crippen LogP) is 3.65. The zero-order valence-electron chi connectivity index (χ0n) is 17.6. The smallest absolute Gasteiger partial charge is 0.325 e. The van der Waals surface area contributed by atoms with Gasteiger partial charge in [0, 0.05) is 32.0 Å². The van der Waals surface area contributed by atoms with Crippen LogP contribution in [0.2, 0.25) is 0 Å². The van der Waals surface area contributed by atoms with E-state index < -0.39 is 5.54 Å². The molecule has 2 saturated heterocycles. The molecule has 164 valence electrons. The van der Waals surface area contributed by atoms with E-state index >= 15 is 0 Å². The number of imide groups is 1. The number of aromatic nitrogens is 1. The van der Waals surface area contributed by atoms with Gasteiger partial charge in [-0.25, -0.2) is 9.78 Å². The summed E-state index contributed by atoms with van der Waals surface area (Å²) in [4.78, 5) is 45.9. The topological polar surface area (TPSA) is 82.6 Å². The van der Waals surface area contributed by atoms with Gasteiger partial charge in [0.1, 0.15) is 5.54 Å². The largest absolute Gasteiger partial charge is 0.342 e. The van der Waals surface area contributed by atoms with Gasteiger partial charge in [-0.2, -0.15) is 0 Å². The summed E-state index contributed by atoms with van der Waals surface area (Å²) in [5.74, 6) is 0.285. The summed E-state index contributed by atoms with van der Waals surface area (Å²) in [7, 11) is 0. The molecule has 1 atom stereocenters. The second-order valence-electron chi connectivity index (χ2n) is 8.98. The predicted molar refractivity (Wildman–Crippen MR) is 119 cm³/mol. The summed E-state index contributed by atoms with van der Waals surface area (Å²) in [6.07, 6.45) is 6.30. The Morgan fingerprint density at radius 2 is 2.00 bits per heavy atom. The summed E-state index contributed by atoms with van der Waals surface area (Å²) in [6, 6.07) is 7.86. The van der Waals surface area contributed by atoms with E-state index in [2.05, 4.69) is 11.4 Å². The Hall–Kier alpha value is -2.48. The Kier molecular flexibility index (Phi) is 5.42. The van der Waals surface area contributed by atoms with Crippen molar-refractivity contribution in [3.05, 3.63) is 29.3 Å². The molecule has 2 aliphatic heterocycles. The fraction of sp³-hybridized carbons (Fsp3) is 0.565. The molecule has 1 N–H and O–H groups in total. The van der Waals surface area contributed by atoms with Crippen LogP contribution in [-0.2, 0) is 9.59 Å². The summed E-state index contributed by atoms with van der Waals surface area (Å²) in [5.41, 5.74) is 0.359. The molecule has 2 aromatic rings. The molecule has 31 heavy (non-hydrogen) atoms. The Bertz CT molecular complexity index is 980. The van der Waals surface area contributed by atoms with Crippen LogP contribution in [0.4, 0.5) is 4.79 Å². The first-order valence-corrected chi connectivity index (χ1v) is 12.1. The molecule has 4 amide bonds. The van der Waals surface area contributed by atoms with Gasteiger partial charge < -0.3 is 10.2 Å². The number of hydrogen-bond acceptors (Lipinski definition) is 5. The summed E-state index contributed by atoms with van der Waals surface area (Å²) in [6.45, 7) is 1.78. The standard InChI is InChI=1S/C23H28N4O3S/c28-19(10-6-14-27-21(29)23(25-22(27)30)11-3-4-12-23)26-13-5-7-16(15-26)20-24-17-8-1-2-9-18(17)31-20/h1-2,8-9,16H,3-7,10-15H2,(H,25,30). The molecule has 0 radical (unpaired) electrons. The van der Waals surface area contributed by atoms with E-state index in [0.717, 1.165) is 55.6 Å². The molecule has 1 aliphatic carbocycles. The maximum Gasteiger partial charge on any atom is 0.325 e. The molecule has 1 aromatic heterocycles. The van der Waals surface area contributed by atoms with E-state index in [1.807, 2.05) is 23.1 Å². The first-order valence-electron chi connectivity index (χ1n) is 11.3. The van der Waals surface area contributed by atoms with Crippen molar-refractivity contribution >= 4 is 39.4 Å². The average molecular weight is 441 g/mol. The molecule has 5 rings (SSSR count). The van der Waals surface area contributed by atoms with Crippen LogP contribution in [0.3, 0.4) is 0 Å². The van der Waals surface area contributed by atoms with Crippen molar-refractivity contribution in [2.24, 2.45) is 0 Å². The lowest BCUT2D eigenvalue weighted by molar-refractivity contribution is -0.134. The number of fused-ring (bicyclic) bond motifs is 1. The maximum atomic E-state index is 12.8. The molecule has 1 saturated carbocycles. The number of piperidine rings is 1. The third kappa shape index (κ3) is 3.82. The van der Waals surface area contributed by atoms with E-state index in [1.165, 1.54) is 9.60 Å². The zero-order chi connectivity index (χ0) is 21.4. The second-order valence-corrected chi connectivity index (χ2v) is 10.0. The highest BCUT2D eigenvalue weighted by molar-refractivity contribution is 7.18. The number of nitrogens with zero attached hydrogens (tertiary/aromatic N) is 3. The molecule has 3 fully saturated rings. The monoisotopic (exact) mass is 440 g/mol. The van der Waals surface area contributed by atoms with Crippen molar-refractivity contribution < 1.29 is 14.4 Å². The van der Waals surface area contributed by atoms with Crippen LogP contribution in [0.15, 0.2) is 24.3 Å². The molecule has 1 spiro atoms. The highest BCUT2D eigenvalue weighted by Crippen LogP contribution is 2.35. The molecular weight excluding hydrogens is 412 g/mol. The summed E-state index contributed by atoms with van der Waals surface area (Å²) in [5, 5.41) is 4.01. The third-order valence-electron chi connectivity index (χ3n) is 6.91. The van der Waals surface area contributed by atoms with Gasteiger partial charge >= 0.3 is 6.03 Å². The Morgan fingerprint density at radius 1 is 1.19 bits per heavy atom. The van der Waals surface area contributed by atoms with Crippen molar-refractivity contribution in [2.75, 3.05) is 19.6 Å². The zero-order valence-corrected chi connectivity index (χ0v) is 18.5. The molecule has 8 heteroatoms. The van der Waals surface area contributed by atoms with Crippen LogP contribution in [0, 0.1) is 0 Å². The quantitative estimate of drug-likeness (QED) is 0.720. The molecule has 1 aromatic carbocycles. The normalized spacial score (nSPS) is 23.2. The highest BCUT2D eigenvalue weighted by Gasteiger charge is 2.52. The molecule has 0 bridgehead atoms. The summed E-state index contributed by atoms with van der Waals surface area (Å²) < 4.78 is 1.19. The lowest BCUT2D eigenvalue weighted by Gasteiger charge is -2.32. The number of nitrogens with one attached hydrogen (secondary N) is 1. The van der Waals surface area contributed by atoms with Crippen molar-refractivity contribution in [3.63, 3.8) is 0 Å². The van der Waals surface area contributed by atoms with Gasteiger partial charge in [0.2, 0.25) is 5.91 Å². The van der Waals surface area contributed by atoms with Crippen LogP contribution in [0.25, 0.3) is 10.2 Å². The number of thiazole rings is 1.